The van der Waals surface area contributed by atoms with Gasteiger partial charge in [-0.25, -0.2) is 0 Å². The van der Waals surface area contributed by atoms with Crippen LogP contribution in [0.2, 0.25) is 0 Å². The predicted octanol–water partition coefficient (Wildman–Crippen LogP) is 1.40. The van der Waals surface area contributed by atoms with Gasteiger partial charge in [0.25, 0.3) is 11.8 Å². The van der Waals surface area contributed by atoms with Crippen LogP contribution in [0.3, 0.4) is 0 Å². The number of ether oxygens (including phenoxy) is 2. The lowest BCUT2D eigenvalue weighted by atomic mass is 10.2. The number of azo groups is 1. The van der Waals surface area contributed by atoms with Gasteiger partial charge in [-0.2, -0.15) is 0 Å². The van der Waals surface area contributed by atoms with E-state index in [4.69, 9.17) is 15.2 Å². The highest BCUT2D eigenvalue weighted by atomic mass is 16.6. The number of nitrogens with zero attached hydrogens (tertiary/aromatic N) is 3. The molecule has 11 heteroatoms. The largest absolute Gasteiger partial charge is 0.493 e. The predicted molar refractivity (Wildman–Crippen MR) is 112 cm³/mol. The number of nitrogens with two attached hydrogens (primary N) is 1. The lowest BCUT2D eigenvalue weighted by Gasteiger charge is -2.25. The molecule has 1 aliphatic heterocycles. The molecule has 32 heavy (non-hydrogen) atoms. The van der Waals surface area contributed by atoms with Crippen LogP contribution in [0.25, 0.3) is 10.9 Å². The molecule has 2 aromatic carbocycles. The average molecular weight is 437 g/mol. The molecule has 0 aliphatic carbocycles. The number of aromatic hydroxyl groups is 1. The number of para-hydroxylation sites is 3. The van der Waals surface area contributed by atoms with E-state index in [0.29, 0.717) is 22.4 Å². The maximum atomic E-state index is 12.3. The van der Waals surface area contributed by atoms with Crippen molar-refractivity contribution in [1.29, 1.82) is 0 Å². The second kappa shape index (κ2) is 8.76. The first-order valence-corrected chi connectivity index (χ1v) is 9.63. The Morgan fingerprint density at radius 3 is 2.62 bits per heavy atom. The van der Waals surface area contributed by atoms with E-state index in [1.165, 1.54) is 4.57 Å². The molecule has 1 aromatic heterocycles. The maximum absolute atomic E-state index is 12.3. The molecule has 0 spiro atoms. The summed E-state index contributed by atoms with van der Waals surface area (Å²) in [6, 6.07) is 13.7. The molecule has 164 valence electrons. The number of primary amides is 1. The minimum absolute atomic E-state index is 0.00575. The molecule has 0 bridgehead atoms. The molecule has 3 aromatic rings. The molecule has 11 nitrogen and oxygen atoms in total. The molecular weight excluding hydrogens is 418 g/mol. The van der Waals surface area contributed by atoms with E-state index in [1.807, 2.05) is 0 Å². The Labute approximate surface area is 181 Å². The van der Waals surface area contributed by atoms with Gasteiger partial charge in [0.05, 0.1) is 5.52 Å². The van der Waals surface area contributed by atoms with E-state index in [2.05, 4.69) is 15.5 Å². The molecular formula is C21H19N5O6. The van der Waals surface area contributed by atoms with Gasteiger partial charge in [0.1, 0.15) is 19.7 Å². The third-order valence-corrected chi connectivity index (χ3v) is 4.71. The molecule has 2 heterocycles. The van der Waals surface area contributed by atoms with Gasteiger partial charge in [0.2, 0.25) is 17.9 Å². The summed E-state index contributed by atoms with van der Waals surface area (Å²) < 4.78 is 12.3. The van der Waals surface area contributed by atoms with Gasteiger partial charge in [-0.05, 0) is 18.2 Å². The third kappa shape index (κ3) is 4.21. The van der Waals surface area contributed by atoms with Crippen molar-refractivity contribution in [3.8, 4) is 17.4 Å². The number of benzene rings is 2. The number of rotatable bonds is 6. The Bertz CT molecular complexity index is 1230. The van der Waals surface area contributed by atoms with Gasteiger partial charge in [0.15, 0.2) is 17.2 Å². The third-order valence-electron chi connectivity index (χ3n) is 4.71. The second-order valence-electron chi connectivity index (χ2n) is 6.92. The summed E-state index contributed by atoms with van der Waals surface area (Å²) in [6.45, 7) is -0.686. The standard InChI is InChI=1S/C21H19N5O6/c22-17(27)10-26-13-6-2-1-5-12(13)19(21(26)30)25-24-18(28)9-23-20(29)16-11-31-14-7-3-4-8-15(14)32-16/h1-8,16,30H,9-11H2,(H2,22,27)(H,23,29). The number of nitrogens with one attached hydrogen (secondary N) is 1. The summed E-state index contributed by atoms with van der Waals surface area (Å²) in [5, 5.41) is 20.7. The minimum Gasteiger partial charge on any atom is -0.493 e. The highest BCUT2D eigenvalue weighted by molar-refractivity contribution is 5.96. The molecule has 4 rings (SSSR count). The van der Waals surface area contributed by atoms with Crippen LogP contribution in [0.1, 0.15) is 0 Å². The zero-order chi connectivity index (χ0) is 22.7. The minimum atomic E-state index is -0.912. The van der Waals surface area contributed by atoms with Crippen molar-refractivity contribution in [1.82, 2.24) is 9.88 Å². The smallest absolute Gasteiger partial charge is 0.283 e. The van der Waals surface area contributed by atoms with Gasteiger partial charge < -0.3 is 30.2 Å². The van der Waals surface area contributed by atoms with Crippen molar-refractivity contribution < 1.29 is 29.0 Å². The van der Waals surface area contributed by atoms with Crippen LogP contribution in [0.4, 0.5) is 5.69 Å². The molecule has 1 atom stereocenters. The van der Waals surface area contributed by atoms with Crippen LogP contribution >= 0.6 is 0 Å². The molecule has 0 fully saturated rings. The molecule has 0 radical (unpaired) electrons. The second-order valence-corrected chi connectivity index (χ2v) is 6.92. The number of fused-ring (bicyclic) bond motifs is 2. The van der Waals surface area contributed by atoms with Gasteiger partial charge in [0, 0.05) is 5.39 Å². The Morgan fingerprint density at radius 1 is 1.12 bits per heavy atom. The van der Waals surface area contributed by atoms with Crippen molar-refractivity contribution in [2.45, 2.75) is 12.6 Å². The summed E-state index contributed by atoms with van der Waals surface area (Å²) in [5.41, 5.74) is 5.76. The van der Waals surface area contributed by atoms with Crippen LogP contribution < -0.4 is 20.5 Å². The Morgan fingerprint density at radius 2 is 1.84 bits per heavy atom. The maximum Gasteiger partial charge on any atom is 0.283 e. The molecule has 4 N–H and O–H groups in total. The van der Waals surface area contributed by atoms with Crippen molar-refractivity contribution >= 4 is 34.3 Å². The number of hydrogen-bond donors (Lipinski definition) is 3. The Kier molecular flexibility index (Phi) is 5.71. The van der Waals surface area contributed by atoms with Crippen molar-refractivity contribution in [2.24, 2.45) is 16.0 Å². The summed E-state index contributed by atoms with van der Waals surface area (Å²) in [6.07, 6.45) is -0.912. The first-order valence-electron chi connectivity index (χ1n) is 9.63. The van der Waals surface area contributed by atoms with E-state index in [9.17, 15) is 19.5 Å². The van der Waals surface area contributed by atoms with Crippen LogP contribution in [0, 0.1) is 0 Å². The highest BCUT2D eigenvalue weighted by Crippen LogP contribution is 2.38. The van der Waals surface area contributed by atoms with E-state index in [-0.39, 0.29) is 24.7 Å². The lowest BCUT2D eigenvalue weighted by Crippen LogP contribution is -2.45. The molecule has 3 amide bonds. The number of aromatic nitrogens is 1. The number of carbonyl (C=O) groups is 3. The quantitative estimate of drug-likeness (QED) is 0.495. The molecule has 1 aliphatic rings. The fourth-order valence-corrected chi connectivity index (χ4v) is 3.25. The van der Waals surface area contributed by atoms with Crippen molar-refractivity contribution in [3.05, 3.63) is 48.5 Å². The first kappa shape index (κ1) is 20.8. The van der Waals surface area contributed by atoms with Crippen LogP contribution in [0.5, 0.6) is 17.4 Å². The zero-order valence-corrected chi connectivity index (χ0v) is 16.7. The van der Waals surface area contributed by atoms with Crippen molar-refractivity contribution in [3.63, 3.8) is 0 Å². The van der Waals surface area contributed by atoms with E-state index in [1.54, 1.807) is 48.5 Å². The Hall–Kier alpha value is -4.41. The van der Waals surface area contributed by atoms with E-state index in [0.717, 1.165) is 0 Å². The summed E-state index contributed by atoms with van der Waals surface area (Å²) in [4.78, 5) is 35.7. The van der Waals surface area contributed by atoms with Crippen LogP contribution in [-0.2, 0) is 20.9 Å². The fraction of sp³-hybridized carbons (Fsp3) is 0.190. The van der Waals surface area contributed by atoms with Crippen molar-refractivity contribution in [2.75, 3.05) is 13.2 Å². The monoisotopic (exact) mass is 437 g/mol. The number of carbonyl (C=O) groups excluding carboxylic acids is 3. The summed E-state index contributed by atoms with van der Waals surface area (Å²) >= 11 is 0. The molecule has 0 saturated carbocycles. The normalized spacial score (nSPS) is 15.1. The number of hydrogen-bond acceptors (Lipinski definition) is 7. The lowest BCUT2D eigenvalue weighted by molar-refractivity contribution is -0.132. The van der Waals surface area contributed by atoms with E-state index >= 15 is 0 Å². The molecule has 0 saturated heterocycles. The van der Waals surface area contributed by atoms with Crippen LogP contribution in [0.15, 0.2) is 58.8 Å². The Balaban J connectivity index is 1.41. The van der Waals surface area contributed by atoms with Gasteiger partial charge >= 0.3 is 0 Å². The van der Waals surface area contributed by atoms with Crippen LogP contribution in [-0.4, -0.2) is 46.7 Å². The highest BCUT2D eigenvalue weighted by Gasteiger charge is 2.27. The zero-order valence-electron chi connectivity index (χ0n) is 16.7. The number of amides is 3. The molecule has 1 unspecified atom stereocenters. The van der Waals surface area contributed by atoms with Gasteiger partial charge in [-0.3, -0.25) is 14.4 Å². The fourth-order valence-electron chi connectivity index (χ4n) is 3.25. The van der Waals surface area contributed by atoms with E-state index < -0.39 is 30.4 Å². The SMILES string of the molecule is NC(=O)Cn1c(O)c(N=NC(=O)CNC(=O)C2COc3ccccc3O2)c2ccccc21. The topological polar surface area (TPSA) is 158 Å². The summed E-state index contributed by atoms with van der Waals surface area (Å²) in [5.74, 6) is -1.31. The average Bonchev–Trinajstić information content (AvgIpc) is 3.06. The van der Waals surface area contributed by atoms with Gasteiger partial charge in [-0.15, -0.1) is 10.2 Å². The first-order chi connectivity index (χ1) is 15.4. The van der Waals surface area contributed by atoms with Gasteiger partial charge in [-0.1, -0.05) is 30.3 Å². The summed E-state index contributed by atoms with van der Waals surface area (Å²) in [7, 11) is 0.